The summed E-state index contributed by atoms with van der Waals surface area (Å²) in [7, 11) is 0. The Morgan fingerprint density at radius 3 is 0.576 bits per heavy atom. The lowest BCUT2D eigenvalue weighted by Crippen LogP contribution is -2.82. The summed E-state index contributed by atoms with van der Waals surface area (Å²) in [6.07, 6.45) is -8.57. The van der Waals surface area contributed by atoms with Crippen molar-refractivity contribution in [3.63, 3.8) is 0 Å². The van der Waals surface area contributed by atoms with Gasteiger partial charge in [-0.1, -0.05) is 76.2 Å². The molecule has 11 atom stereocenters. The van der Waals surface area contributed by atoms with Gasteiger partial charge < -0.3 is 51.1 Å². The van der Waals surface area contributed by atoms with Gasteiger partial charge in [0.2, 0.25) is 0 Å². The molecule has 0 radical (unpaired) electrons. The van der Waals surface area contributed by atoms with Crippen LogP contribution in [0, 0.1) is 86.8 Å². The average Bonchev–Trinajstić information content (AvgIpc) is 3.19. The number of carbonyl (C=O) groups is 10. The van der Waals surface area contributed by atoms with Crippen LogP contribution in [0.4, 0.5) is 0 Å². The first kappa shape index (κ1) is 60.7. The molecule has 0 spiro atoms. The van der Waals surface area contributed by atoms with E-state index in [0.29, 0.717) is 0 Å². The third kappa shape index (κ3) is 9.21. The number of rotatable bonds is 34. The Balaban J connectivity index is 13.0. The van der Waals surface area contributed by atoms with Crippen molar-refractivity contribution in [1.29, 1.82) is 0 Å². The smallest absolute Gasteiger partial charge is 0.307 e. The van der Waals surface area contributed by atoms with Crippen LogP contribution in [-0.2, 0) is 47.9 Å². The van der Waals surface area contributed by atoms with E-state index in [4.69, 9.17) is 0 Å². The Bertz CT molecular complexity index is 1660. The Hall–Kier alpha value is -5.30. The van der Waals surface area contributed by atoms with Crippen molar-refractivity contribution in [2.45, 2.75) is 140 Å². The molecule has 378 valence electrons. The Morgan fingerprint density at radius 2 is 0.439 bits per heavy atom. The van der Waals surface area contributed by atoms with Crippen LogP contribution in [0.15, 0.2) is 0 Å². The molecule has 20 heteroatoms. The van der Waals surface area contributed by atoms with Crippen LogP contribution >= 0.6 is 0 Å². The zero-order valence-corrected chi connectivity index (χ0v) is 40.0. The number of carboxylic acids is 10. The van der Waals surface area contributed by atoms with Gasteiger partial charge in [0, 0.05) is 21.7 Å². The first-order chi connectivity index (χ1) is 30.6. The van der Waals surface area contributed by atoms with Gasteiger partial charge in [-0.05, 0) is 70.1 Å². The van der Waals surface area contributed by atoms with E-state index in [9.17, 15) is 99.0 Å². The zero-order chi connectivity index (χ0) is 52.2. The van der Waals surface area contributed by atoms with Gasteiger partial charge in [0.25, 0.3) is 0 Å². The lowest BCUT2D eigenvalue weighted by molar-refractivity contribution is -0.333. The second kappa shape index (κ2) is 24.5. The minimum Gasteiger partial charge on any atom is -0.481 e. The van der Waals surface area contributed by atoms with Crippen molar-refractivity contribution < 1.29 is 99.0 Å². The van der Waals surface area contributed by atoms with E-state index in [1.807, 2.05) is 0 Å². The van der Waals surface area contributed by atoms with Crippen LogP contribution in [-0.4, -0.2) is 111 Å². The van der Waals surface area contributed by atoms with Crippen molar-refractivity contribution in [1.82, 2.24) is 0 Å². The fourth-order valence-electron chi connectivity index (χ4n) is 14.4. The third-order valence-corrected chi connectivity index (χ3v) is 15.7. The van der Waals surface area contributed by atoms with Crippen LogP contribution in [0.2, 0.25) is 0 Å². The molecule has 0 saturated carbocycles. The molecule has 0 aliphatic heterocycles. The first-order valence-electron chi connectivity index (χ1n) is 22.9. The fourth-order valence-corrected chi connectivity index (χ4v) is 14.4. The maximum absolute atomic E-state index is 14.8. The highest BCUT2D eigenvalue weighted by atomic mass is 16.4. The molecule has 0 rings (SSSR count). The predicted octanol–water partition coefficient (Wildman–Crippen LogP) is 6.68. The number of carboxylic acid groups (broad SMARTS) is 10. The third-order valence-electron chi connectivity index (χ3n) is 15.7. The minimum atomic E-state index is -3.83. The van der Waals surface area contributed by atoms with Gasteiger partial charge in [0.15, 0.2) is 0 Å². The number of hydrogen-bond donors (Lipinski definition) is 10. The van der Waals surface area contributed by atoms with Crippen LogP contribution in [0.3, 0.4) is 0 Å². The quantitative estimate of drug-likeness (QED) is 0.0321. The van der Waals surface area contributed by atoms with E-state index in [-0.39, 0.29) is 0 Å². The van der Waals surface area contributed by atoms with Gasteiger partial charge >= 0.3 is 59.7 Å². The van der Waals surface area contributed by atoms with Gasteiger partial charge in [-0.15, -0.1) is 0 Å². The van der Waals surface area contributed by atoms with Gasteiger partial charge in [0.1, 0.15) is 0 Å². The van der Waals surface area contributed by atoms with E-state index in [1.54, 1.807) is 0 Å². The first-order valence-corrected chi connectivity index (χ1v) is 22.9. The summed E-state index contributed by atoms with van der Waals surface area (Å²) in [5.41, 5.74) is -14.6. The van der Waals surface area contributed by atoms with Crippen molar-refractivity contribution in [2.24, 2.45) is 86.8 Å². The van der Waals surface area contributed by atoms with Crippen molar-refractivity contribution >= 4 is 59.7 Å². The highest BCUT2D eigenvalue weighted by Crippen LogP contribution is 2.83. The van der Waals surface area contributed by atoms with E-state index in [0.717, 1.165) is 55.4 Å². The second-order valence-corrected chi connectivity index (χ2v) is 17.4. The molecule has 0 amide bonds. The lowest BCUT2D eigenvalue weighted by atomic mass is 9.22. The highest BCUT2D eigenvalue weighted by Gasteiger charge is 2.87. The van der Waals surface area contributed by atoms with Crippen molar-refractivity contribution in [3.05, 3.63) is 0 Å². The molecule has 66 heavy (non-hydrogen) atoms. The molecule has 11 unspecified atom stereocenters. The summed E-state index contributed by atoms with van der Waals surface area (Å²) in [5.74, 6) is -48.2. The summed E-state index contributed by atoms with van der Waals surface area (Å²) in [5, 5.41) is 117. The molecule has 0 aromatic carbocycles. The number of hydrogen-bond acceptors (Lipinski definition) is 10. The van der Waals surface area contributed by atoms with Crippen molar-refractivity contribution in [3.8, 4) is 0 Å². The van der Waals surface area contributed by atoms with Crippen LogP contribution < -0.4 is 0 Å². The van der Waals surface area contributed by atoms with E-state index >= 15 is 0 Å². The summed E-state index contributed by atoms with van der Waals surface area (Å²) >= 11 is 0. The second-order valence-electron chi connectivity index (χ2n) is 17.4. The summed E-state index contributed by atoms with van der Waals surface area (Å²) in [4.78, 5) is 145. The molecule has 0 aromatic rings. The number of aliphatic carboxylic acids is 10. The van der Waals surface area contributed by atoms with E-state index in [1.165, 1.54) is 20.8 Å². The highest BCUT2D eigenvalue weighted by molar-refractivity contribution is 5.88. The van der Waals surface area contributed by atoms with Gasteiger partial charge in [0.05, 0.1) is 59.2 Å². The molecule has 0 aliphatic carbocycles. The normalized spacial score (nSPS) is 20.5. The van der Waals surface area contributed by atoms with Crippen LogP contribution in [0.5, 0.6) is 0 Å². The van der Waals surface area contributed by atoms with E-state index in [2.05, 4.69) is 0 Å². The standard InChI is InChI=1S/C46H74O20/c1-12-23(33(47)48)22(11)43(24(13-2)34(49)50,25(14-3)35(51)52)45(29(18-7)39(59)60,30(19-8)40(61)62)46(31(20-9)41(63)64,32(21-10)42(65)66)44(26(15-4)36(53)54,27(16-5)37(55)56)28(17-6)38(57)58/h22-32H,12-21H2,1-11H3,(H,47,48)(H,49,50)(H,51,52)(H,53,54)(H,55,56)(H,57,58)(H,59,60)(H,61,62)(H,63,64)(H,65,66). The maximum Gasteiger partial charge on any atom is 0.307 e. The molecule has 0 saturated heterocycles. The van der Waals surface area contributed by atoms with Crippen LogP contribution in [0.25, 0.3) is 0 Å². The minimum absolute atomic E-state index is 0.523. The Kier molecular flexibility index (Phi) is 22.5. The summed E-state index contributed by atoms with van der Waals surface area (Å²) in [6.45, 7) is 12.5. The van der Waals surface area contributed by atoms with Gasteiger partial charge in [-0.3, -0.25) is 47.9 Å². The Labute approximate surface area is 385 Å². The Morgan fingerprint density at radius 1 is 0.273 bits per heavy atom. The fraction of sp³-hybridized carbons (Fsp3) is 0.783. The maximum atomic E-state index is 14.8. The SMILES string of the molecule is CCC(C(=O)O)C(C)C(C(CC)C(=O)O)(C(CC)C(=O)O)C(C(CC)C(=O)O)(C(CC)C(=O)O)C(C(CC)C(=O)O)(C(CC)C(=O)O)C(C(CC)C(=O)O)(C(CC)C(=O)O)C(CC)C(=O)O. The molecule has 0 bridgehead atoms. The average molecular weight is 947 g/mol. The molecule has 10 N–H and O–H groups in total. The van der Waals surface area contributed by atoms with Crippen LogP contribution in [0.1, 0.15) is 140 Å². The predicted molar refractivity (Wildman–Crippen MR) is 233 cm³/mol. The molecule has 0 aliphatic rings. The lowest BCUT2D eigenvalue weighted by Gasteiger charge is -2.77. The summed E-state index contributed by atoms with van der Waals surface area (Å²) < 4.78 is 0. The van der Waals surface area contributed by atoms with Gasteiger partial charge in [-0.25, -0.2) is 0 Å². The molecular formula is C46H74O20. The summed E-state index contributed by atoms with van der Waals surface area (Å²) in [6, 6.07) is 0. The molecule has 0 fully saturated rings. The monoisotopic (exact) mass is 946 g/mol. The molecular weight excluding hydrogens is 872 g/mol. The van der Waals surface area contributed by atoms with E-state index < -0.39 is 211 Å². The largest absolute Gasteiger partial charge is 0.481 e. The molecule has 20 nitrogen and oxygen atoms in total. The van der Waals surface area contributed by atoms with Crippen molar-refractivity contribution in [2.75, 3.05) is 0 Å². The molecule has 0 aromatic heterocycles. The topological polar surface area (TPSA) is 373 Å². The zero-order valence-electron chi connectivity index (χ0n) is 40.0. The van der Waals surface area contributed by atoms with Gasteiger partial charge in [-0.2, -0.15) is 0 Å². The molecule has 0 heterocycles.